The molecule has 0 N–H and O–H groups in total. The van der Waals surface area contributed by atoms with Gasteiger partial charge in [-0.15, -0.1) is 0 Å². The van der Waals surface area contributed by atoms with Crippen molar-refractivity contribution in [2.45, 2.75) is 27.4 Å². The van der Waals surface area contributed by atoms with Gasteiger partial charge >= 0.3 is 0 Å². The number of hydrogen-bond acceptors (Lipinski definition) is 5. The van der Waals surface area contributed by atoms with Crippen LogP contribution in [-0.4, -0.2) is 16.8 Å². The van der Waals surface area contributed by atoms with E-state index in [4.69, 9.17) is 33.3 Å². The van der Waals surface area contributed by atoms with Gasteiger partial charge in [0.2, 0.25) is 0 Å². The van der Waals surface area contributed by atoms with Crippen LogP contribution < -0.4 is 14.4 Å². The molecule has 8 heteroatoms. The van der Waals surface area contributed by atoms with E-state index in [1.807, 2.05) is 81.4 Å². The summed E-state index contributed by atoms with van der Waals surface area (Å²) in [6.45, 7) is 6.74. The summed E-state index contributed by atoms with van der Waals surface area (Å²) in [5.41, 5.74) is 4.73. The monoisotopic (exact) mass is 587 g/mol. The van der Waals surface area contributed by atoms with E-state index in [1.165, 1.54) is 17.3 Å². The fourth-order valence-electron chi connectivity index (χ4n) is 3.55. The Morgan fingerprint density at radius 3 is 2.57 bits per heavy atom. The molecular weight excluding hydrogens is 566 g/mol. The summed E-state index contributed by atoms with van der Waals surface area (Å²) in [7, 11) is 0. The zero-order valence-corrected chi connectivity index (χ0v) is 23.4. The van der Waals surface area contributed by atoms with Gasteiger partial charge in [-0.05, 0) is 89.8 Å². The molecule has 1 fully saturated rings. The zero-order chi connectivity index (χ0) is 25.1. The molecule has 3 aromatic carbocycles. The Kier molecular flexibility index (Phi) is 8.22. The lowest BCUT2D eigenvalue weighted by atomic mass is 10.1. The van der Waals surface area contributed by atoms with Crippen molar-refractivity contribution in [3.05, 3.63) is 91.3 Å². The van der Waals surface area contributed by atoms with Gasteiger partial charge in [-0.25, -0.2) is 0 Å². The van der Waals surface area contributed by atoms with Gasteiger partial charge in [-0.2, -0.15) is 0 Å². The quantitative estimate of drug-likeness (QED) is 0.206. The number of benzene rings is 3. The van der Waals surface area contributed by atoms with Gasteiger partial charge in [-0.3, -0.25) is 9.69 Å². The molecule has 4 rings (SSSR count). The maximum Gasteiger partial charge on any atom is 0.270 e. The van der Waals surface area contributed by atoms with E-state index in [0.29, 0.717) is 43.4 Å². The predicted molar refractivity (Wildman–Crippen MR) is 153 cm³/mol. The number of anilines is 1. The average molecular weight is 589 g/mol. The minimum Gasteiger partial charge on any atom is -0.490 e. The lowest BCUT2D eigenvalue weighted by Gasteiger charge is -2.16. The molecule has 3 aromatic rings. The highest BCUT2D eigenvalue weighted by molar-refractivity contribution is 9.10. The number of hydrogen-bond donors (Lipinski definition) is 0. The van der Waals surface area contributed by atoms with Crippen LogP contribution in [0.5, 0.6) is 11.5 Å². The Bertz CT molecular complexity index is 1340. The van der Waals surface area contributed by atoms with Crippen LogP contribution in [0.4, 0.5) is 5.69 Å². The van der Waals surface area contributed by atoms with E-state index >= 15 is 0 Å². The molecule has 0 radical (unpaired) electrons. The highest BCUT2D eigenvalue weighted by atomic mass is 79.9. The SMILES string of the molecule is CCOc1cc(C=C2SC(=S)N(c3ccc(C)c(C)c3)C2=O)cc(Br)c1OCc1ccccc1Cl. The second-order valence-corrected chi connectivity index (χ2v) is 10.9. The summed E-state index contributed by atoms with van der Waals surface area (Å²) in [6, 6.07) is 17.2. The van der Waals surface area contributed by atoms with Crippen LogP contribution >= 0.6 is 51.5 Å². The summed E-state index contributed by atoms with van der Waals surface area (Å²) >= 11 is 16.7. The van der Waals surface area contributed by atoms with Crippen molar-refractivity contribution in [3.8, 4) is 11.5 Å². The number of ether oxygens (including phenoxy) is 2. The smallest absolute Gasteiger partial charge is 0.270 e. The first-order chi connectivity index (χ1) is 16.8. The van der Waals surface area contributed by atoms with Gasteiger partial charge in [0.15, 0.2) is 15.8 Å². The second kappa shape index (κ2) is 11.2. The fourth-order valence-corrected chi connectivity index (χ4v) is 5.61. The van der Waals surface area contributed by atoms with E-state index in [-0.39, 0.29) is 5.91 Å². The van der Waals surface area contributed by atoms with E-state index < -0.39 is 0 Å². The number of thioether (sulfide) groups is 1. The van der Waals surface area contributed by atoms with E-state index in [2.05, 4.69) is 15.9 Å². The van der Waals surface area contributed by atoms with E-state index in [1.54, 1.807) is 4.90 Å². The number of halogens is 2. The lowest BCUT2D eigenvalue weighted by Crippen LogP contribution is -2.27. The minimum absolute atomic E-state index is 0.142. The Morgan fingerprint density at radius 1 is 1.09 bits per heavy atom. The van der Waals surface area contributed by atoms with Crippen molar-refractivity contribution in [1.82, 2.24) is 0 Å². The topological polar surface area (TPSA) is 38.8 Å². The number of carbonyl (C=O) groups excluding carboxylic acids is 1. The molecule has 0 unspecified atom stereocenters. The normalized spacial score (nSPS) is 14.7. The summed E-state index contributed by atoms with van der Waals surface area (Å²) in [5.74, 6) is 1.01. The highest BCUT2D eigenvalue weighted by Gasteiger charge is 2.33. The van der Waals surface area contributed by atoms with Crippen LogP contribution in [0.25, 0.3) is 6.08 Å². The van der Waals surface area contributed by atoms with Crippen molar-refractivity contribution >= 4 is 73.5 Å². The Balaban J connectivity index is 1.61. The van der Waals surface area contributed by atoms with Crippen LogP contribution in [0, 0.1) is 13.8 Å². The van der Waals surface area contributed by atoms with Crippen LogP contribution in [0.1, 0.15) is 29.2 Å². The van der Waals surface area contributed by atoms with Gasteiger partial charge < -0.3 is 9.47 Å². The molecule has 1 aliphatic rings. The Morgan fingerprint density at radius 2 is 1.86 bits per heavy atom. The molecule has 4 nitrogen and oxygen atoms in total. The van der Waals surface area contributed by atoms with Gasteiger partial charge in [0.25, 0.3) is 5.91 Å². The molecule has 0 saturated carbocycles. The van der Waals surface area contributed by atoms with Crippen LogP contribution in [0.2, 0.25) is 5.02 Å². The molecule has 1 aliphatic heterocycles. The van der Waals surface area contributed by atoms with E-state index in [0.717, 1.165) is 22.4 Å². The maximum absolute atomic E-state index is 13.2. The van der Waals surface area contributed by atoms with Gasteiger partial charge in [0.05, 0.1) is 21.7 Å². The van der Waals surface area contributed by atoms with Crippen molar-refractivity contribution in [1.29, 1.82) is 0 Å². The fraction of sp³-hybridized carbons (Fsp3) is 0.185. The molecular formula is C27H23BrClNO3S2. The number of carbonyl (C=O) groups is 1. The van der Waals surface area contributed by atoms with Crippen molar-refractivity contribution < 1.29 is 14.3 Å². The molecule has 35 heavy (non-hydrogen) atoms. The molecule has 0 bridgehead atoms. The first kappa shape index (κ1) is 25.8. The maximum atomic E-state index is 13.2. The lowest BCUT2D eigenvalue weighted by molar-refractivity contribution is -0.113. The first-order valence-electron chi connectivity index (χ1n) is 11.0. The van der Waals surface area contributed by atoms with Crippen molar-refractivity contribution in [2.75, 3.05) is 11.5 Å². The van der Waals surface area contributed by atoms with Gasteiger partial charge in [-0.1, -0.05) is 59.8 Å². The average Bonchev–Trinajstić information content (AvgIpc) is 3.09. The molecule has 1 saturated heterocycles. The third-order valence-corrected chi connectivity index (χ3v) is 7.76. The number of nitrogens with zero attached hydrogens (tertiary/aromatic N) is 1. The standard InChI is InChI=1S/C27H23BrClNO3S2/c1-4-32-23-13-18(12-21(28)25(23)33-15-19-7-5-6-8-22(19)29)14-24-26(31)30(27(34)35-24)20-10-9-16(2)17(3)11-20/h5-14H,4,15H2,1-3H3. The van der Waals surface area contributed by atoms with Crippen LogP contribution in [0.3, 0.4) is 0 Å². The third kappa shape index (κ3) is 5.75. The van der Waals surface area contributed by atoms with Gasteiger partial charge in [0.1, 0.15) is 6.61 Å². The number of thiocarbonyl (C=S) groups is 1. The first-order valence-corrected chi connectivity index (χ1v) is 13.4. The number of amides is 1. The Hall–Kier alpha value is -2.32. The molecule has 180 valence electrons. The minimum atomic E-state index is -0.142. The third-order valence-electron chi connectivity index (χ3n) is 5.50. The van der Waals surface area contributed by atoms with E-state index in [9.17, 15) is 4.79 Å². The second-order valence-electron chi connectivity index (χ2n) is 7.93. The summed E-state index contributed by atoms with van der Waals surface area (Å²) in [5, 5.41) is 0.643. The largest absolute Gasteiger partial charge is 0.490 e. The van der Waals surface area contributed by atoms with Crippen molar-refractivity contribution in [2.24, 2.45) is 0 Å². The van der Waals surface area contributed by atoms with Crippen molar-refractivity contribution in [3.63, 3.8) is 0 Å². The predicted octanol–water partition coefficient (Wildman–Crippen LogP) is 8.10. The molecule has 0 atom stereocenters. The van der Waals surface area contributed by atoms with Crippen LogP contribution in [-0.2, 0) is 11.4 Å². The highest BCUT2D eigenvalue weighted by Crippen LogP contribution is 2.41. The molecule has 0 aromatic heterocycles. The Labute approximate surface area is 228 Å². The summed E-state index contributed by atoms with van der Waals surface area (Å²) in [4.78, 5) is 15.4. The van der Waals surface area contributed by atoms with Gasteiger partial charge in [0, 0.05) is 10.6 Å². The molecule has 1 amide bonds. The van der Waals surface area contributed by atoms with Crippen LogP contribution in [0.15, 0.2) is 64.0 Å². The molecule has 0 aliphatic carbocycles. The number of aryl methyl sites for hydroxylation is 2. The summed E-state index contributed by atoms with van der Waals surface area (Å²) in [6.07, 6.45) is 1.82. The zero-order valence-electron chi connectivity index (χ0n) is 19.4. The molecule has 1 heterocycles. The molecule has 0 spiro atoms. The number of rotatable bonds is 7. The summed E-state index contributed by atoms with van der Waals surface area (Å²) < 4.78 is 13.1.